The van der Waals surface area contributed by atoms with Crippen LogP contribution >= 0.6 is 0 Å². The van der Waals surface area contributed by atoms with Crippen molar-refractivity contribution in [2.75, 3.05) is 0 Å². The van der Waals surface area contributed by atoms with Crippen molar-refractivity contribution >= 4 is 21.8 Å². The molecule has 1 nitrogen and oxygen atoms in total. The number of aromatic nitrogens is 1. The van der Waals surface area contributed by atoms with Gasteiger partial charge in [0.15, 0.2) is 0 Å². The van der Waals surface area contributed by atoms with E-state index in [2.05, 4.69) is 110 Å². The fourth-order valence-electron chi connectivity index (χ4n) is 9.90. The maximum atomic E-state index is 15.6. The minimum Gasteiger partial charge on any atom is -0.309 e. The van der Waals surface area contributed by atoms with Crippen LogP contribution < -0.4 is 0 Å². The molecule has 0 unspecified atom stereocenters. The molecule has 0 fully saturated rings. The summed E-state index contributed by atoms with van der Waals surface area (Å²) in [6.45, 7) is 6.69. The Morgan fingerprint density at radius 2 is 0.609 bits per heavy atom. The van der Waals surface area contributed by atoms with Gasteiger partial charge in [0.2, 0.25) is 0 Å². The second-order valence-corrected chi connectivity index (χ2v) is 18.6. The number of nitrogens with zero attached hydrogens (tertiary/aromatic N) is 1. The van der Waals surface area contributed by atoms with Gasteiger partial charge in [-0.05, 0) is 152 Å². The quantitative estimate of drug-likeness (QED) is 0.134. The molecule has 0 N–H and O–H groups in total. The van der Waals surface area contributed by atoms with Crippen LogP contribution in [0.2, 0.25) is 0 Å². The molecule has 5 heteroatoms. The lowest BCUT2D eigenvalue weighted by atomic mass is 9.81. The predicted octanol–water partition coefficient (Wildman–Crippen LogP) is 18.3. The molecule has 69 heavy (non-hydrogen) atoms. The Bertz CT molecular complexity index is 3450. The van der Waals surface area contributed by atoms with Gasteiger partial charge >= 0.3 is 0 Å². The minimum absolute atomic E-state index is 0.133. The van der Waals surface area contributed by atoms with E-state index in [9.17, 15) is 0 Å². The van der Waals surface area contributed by atoms with Crippen LogP contribution in [-0.4, -0.2) is 4.57 Å². The molecule has 1 aromatic heterocycles. The third kappa shape index (κ3) is 8.00. The molecule has 11 rings (SSSR count). The summed E-state index contributed by atoms with van der Waals surface area (Å²) in [5.41, 5.74) is 13.7. The van der Waals surface area contributed by atoms with Gasteiger partial charge in [-0.25, -0.2) is 17.6 Å². The second-order valence-electron chi connectivity index (χ2n) is 18.6. The van der Waals surface area contributed by atoms with Crippen LogP contribution in [0.4, 0.5) is 17.6 Å². The number of halogens is 4. The summed E-state index contributed by atoms with van der Waals surface area (Å²) in [4.78, 5) is 0. The molecule has 334 valence electrons. The summed E-state index contributed by atoms with van der Waals surface area (Å²) >= 11 is 0. The topological polar surface area (TPSA) is 4.93 Å². The lowest BCUT2D eigenvalue weighted by Crippen LogP contribution is -2.13. The van der Waals surface area contributed by atoms with Crippen LogP contribution in [0.5, 0.6) is 0 Å². The molecule has 0 amide bonds. The van der Waals surface area contributed by atoms with Crippen molar-refractivity contribution in [1.29, 1.82) is 0 Å². The zero-order valence-electron chi connectivity index (χ0n) is 38.2. The highest BCUT2D eigenvalue weighted by Crippen LogP contribution is 2.44. The van der Waals surface area contributed by atoms with Crippen LogP contribution in [0.25, 0.3) is 105 Å². The summed E-state index contributed by atoms with van der Waals surface area (Å²) in [6, 6.07) is 67.9. The fourth-order valence-corrected chi connectivity index (χ4v) is 9.90. The van der Waals surface area contributed by atoms with Crippen molar-refractivity contribution in [3.63, 3.8) is 0 Å². The summed E-state index contributed by atoms with van der Waals surface area (Å²) < 4.78 is 64.6. The van der Waals surface area contributed by atoms with Gasteiger partial charge in [-0.2, -0.15) is 0 Å². The molecule has 1 heterocycles. The predicted molar refractivity (Wildman–Crippen MR) is 277 cm³/mol. The fraction of sp³-hybridized carbons (Fsp3) is 0.0625. The zero-order chi connectivity index (χ0) is 47.4. The molecule has 0 aliphatic heterocycles. The normalized spacial score (nSPS) is 11.7. The maximum Gasteiger partial charge on any atom is 0.131 e. The number of para-hydroxylation sites is 1. The SMILES string of the molecule is CC(C)(C)c1ccccc1-c1ccccc1-n1c2ccc(-c3cc(-c4ccccc4F)cc(-c4ccccc4F)c3)cc2c2cc(-c3cc(-c4ccccc4F)cc(-c4ccccc4F)c3)ccc21. The molecule has 10 aromatic carbocycles. The number of hydrogen-bond acceptors (Lipinski definition) is 0. The third-order valence-electron chi connectivity index (χ3n) is 13.2. The molecule has 0 atom stereocenters. The molecule has 0 radical (unpaired) electrons. The molecule has 0 spiro atoms. The maximum absolute atomic E-state index is 15.6. The van der Waals surface area contributed by atoms with Gasteiger partial charge in [-0.1, -0.05) is 148 Å². The Hall–Kier alpha value is -8.28. The van der Waals surface area contributed by atoms with Crippen molar-refractivity contribution < 1.29 is 17.6 Å². The largest absolute Gasteiger partial charge is 0.309 e. The van der Waals surface area contributed by atoms with E-state index in [4.69, 9.17) is 0 Å². The Kier molecular flexibility index (Phi) is 10.9. The van der Waals surface area contributed by atoms with Crippen molar-refractivity contribution in [2.45, 2.75) is 26.2 Å². The molecule has 11 aromatic rings. The van der Waals surface area contributed by atoms with Gasteiger partial charge < -0.3 is 4.57 Å². The van der Waals surface area contributed by atoms with Crippen LogP contribution in [0.3, 0.4) is 0 Å². The van der Waals surface area contributed by atoms with E-state index < -0.39 is 0 Å². The van der Waals surface area contributed by atoms with Crippen molar-refractivity contribution in [3.8, 4) is 83.6 Å². The molecule has 0 aliphatic carbocycles. The van der Waals surface area contributed by atoms with E-state index in [1.807, 2.05) is 36.4 Å². The first-order valence-electron chi connectivity index (χ1n) is 23.1. The van der Waals surface area contributed by atoms with E-state index >= 15 is 17.6 Å². The first-order valence-corrected chi connectivity index (χ1v) is 23.1. The Balaban J connectivity index is 1.19. The Morgan fingerprint density at radius 1 is 0.290 bits per heavy atom. The standard InChI is InChI=1S/C64H45F4N/c1-64(2,3)56-22-10-4-20-52(56)53-21-9-15-27-61(53)69-62-30-28-40(42-32-44(48-16-5-11-23-57(48)65)36-45(33-42)49-17-6-12-24-58(49)66)38-54(62)55-39-41(29-31-63(55)69)43-34-46(50-18-7-13-25-59(50)67)37-47(35-43)51-19-8-14-26-60(51)68/h4-39H,1-3H3. The average Bonchev–Trinajstić information content (AvgIpc) is 3.69. The molecular weight excluding hydrogens is 859 g/mol. The number of hydrogen-bond donors (Lipinski definition) is 0. The highest BCUT2D eigenvalue weighted by molar-refractivity contribution is 6.12. The van der Waals surface area contributed by atoms with Gasteiger partial charge in [0.05, 0.1) is 16.7 Å². The van der Waals surface area contributed by atoms with Crippen LogP contribution in [0.1, 0.15) is 26.3 Å². The van der Waals surface area contributed by atoms with Gasteiger partial charge in [0, 0.05) is 38.6 Å². The summed E-state index contributed by atoms with van der Waals surface area (Å²) in [7, 11) is 0. The Labute approximate surface area is 399 Å². The molecule has 0 bridgehead atoms. The number of fused-ring (bicyclic) bond motifs is 3. The lowest BCUT2D eigenvalue weighted by molar-refractivity contribution is 0.592. The lowest BCUT2D eigenvalue weighted by Gasteiger charge is -2.24. The van der Waals surface area contributed by atoms with Gasteiger partial charge in [-0.3, -0.25) is 0 Å². The van der Waals surface area contributed by atoms with Crippen LogP contribution in [0, 0.1) is 23.3 Å². The van der Waals surface area contributed by atoms with Crippen molar-refractivity contribution in [3.05, 3.63) is 247 Å². The smallest absolute Gasteiger partial charge is 0.131 e. The molecule has 0 saturated heterocycles. The first-order chi connectivity index (χ1) is 33.5. The second kappa shape index (κ2) is 17.4. The van der Waals surface area contributed by atoms with E-state index in [0.717, 1.165) is 60.9 Å². The van der Waals surface area contributed by atoms with Crippen molar-refractivity contribution in [2.24, 2.45) is 0 Å². The molecule has 0 saturated carbocycles. The van der Waals surface area contributed by atoms with E-state index in [1.54, 1.807) is 72.8 Å². The van der Waals surface area contributed by atoms with Crippen LogP contribution in [-0.2, 0) is 5.41 Å². The van der Waals surface area contributed by atoms with Gasteiger partial charge in [-0.15, -0.1) is 0 Å². The van der Waals surface area contributed by atoms with Crippen molar-refractivity contribution in [1.82, 2.24) is 4.57 Å². The van der Waals surface area contributed by atoms with E-state index in [-0.39, 0.29) is 28.7 Å². The first kappa shape index (κ1) is 43.3. The summed E-state index contributed by atoms with van der Waals surface area (Å²) in [6.07, 6.45) is 0. The monoisotopic (exact) mass is 903 g/mol. The molecule has 0 aliphatic rings. The highest BCUT2D eigenvalue weighted by atomic mass is 19.1. The van der Waals surface area contributed by atoms with E-state index in [1.165, 1.54) is 29.8 Å². The number of rotatable bonds is 8. The van der Waals surface area contributed by atoms with Crippen LogP contribution in [0.15, 0.2) is 218 Å². The highest BCUT2D eigenvalue weighted by Gasteiger charge is 2.23. The average molecular weight is 904 g/mol. The molecular formula is C64H45F4N. The third-order valence-corrected chi connectivity index (χ3v) is 13.2. The Morgan fingerprint density at radius 3 is 0.986 bits per heavy atom. The minimum atomic E-state index is -0.371. The van der Waals surface area contributed by atoms with Gasteiger partial charge in [0.25, 0.3) is 0 Å². The zero-order valence-corrected chi connectivity index (χ0v) is 38.2. The number of benzene rings is 10. The summed E-state index contributed by atoms with van der Waals surface area (Å²) in [5, 5.41) is 1.90. The summed E-state index contributed by atoms with van der Waals surface area (Å²) in [5.74, 6) is -1.48. The van der Waals surface area contributed by atoms with Gasteiger partial charge in [0.1, 0.15) is 23.3 Å². The van der Waals surface area contributed by atoms with E-state index in [0.29, 0.717) is 44.5 Å².